The predicted octanol–water partition coefficient (Wildman–Crippen LogP) is 5.05. The number of thiocarbonyl (C=S) groups is 2. The molecular formula is C17H14S3. The van der Waals surface area contributed by atoms with Crippen LogP contribution in [-0.4, -0.2) is 15.0 Å². The summed E-state index contributed by atoms with van der Waals surface area (Å²) < 4.78 is 0. The smallest absolute Gasteiger partial charge is 0.0538 e. The van der Waals surface area contributed by atoms with Gasteiger partial charge < -0.3 is 0 Å². The molecule has 3 rings (SSSR count). The highest BCUT2D eigenvalue weighted by molar-refractivity contribution is 8.04. The van der Waals surface area contributed by atoms with Gasteiger partial charge in [-0.2, -0.15) is 0 Å². The molecule has 3 aliphatic rings. The van der Waals surface area contributed by atoms with Crippen LogP contribution in [0, 0.1) is 0 Å². The predicted molar refractivity (Wildman–Crippen MR) is 97.5 cm³/mol. The van der Waals surface area contributed by atoms with E-state index in [1.165, 1.54) is 16.1 Å². The lowest BCUT2D eigenvalue weighted by molar-refractivity contribution is 1.29. The first-order valence-electron chi connectivity index (χ1n) is 6.61. The Bertz CT molecular complexity index is 639. The molecule has 0 spiro atoms. The molecule has 0 aromatic carbocycles. The van der Waals surface area contributed by atoms with E-state index in [2.05, 4.69) is 54.7 Å². The number of thioether (sulfide) groups is 1. The van der Waals surface area contributed by atoms with Crippen molar-refractivity contribution in [2.24, 2.45) is 0 Å². The van der Waals surface area contributed by atoms with Crippen molar-refractivity contribution in [1.82, 2.24) is 0 Å². The SMILES string of the molecule is S=C1CC=CC=C1C1=CC=CC(C2=CC=CCC2=S)S1. The zero-order valence-corrected chi connectivity index (χ0v) is 13.4. The molecule has 1 unspecified atom stereocenters. The largest absolute Gasteiger partial charge is 0.113 e. The highest BCUT2D eigenvalue weighted by Gasteiger charge is 2.23. The molecule has 0 fully saturated rings. The maximum atomic E-state index is 5.49. The van der Waals surface area contributed by atoms with Crippen LogP contribution < -0.4 is 0 Å². The number of hydrogen-bond acceptors (Lipinski definition) is 3. The highest BCUT2D eigenvalue weighted by atomic mass is 32.2. The van der Waals surface area contributed by atoms with Crippen molar-refractivity contribution >= 4 is 45.9 Å². The summed E-state index contributed by atoms with van der Waals surface area (Å²) in [6, 6.07) is 0. The van der Waals surface area contributed by atoms with Crippen LogP contribution in [0.5, 0.6) is 0 Å². The maximum Gasteiger partial charge on any atom is 0.0538 e. The number of rotatable bonds is 2. The molecule has 3 heteroatoms. The van der Waals surface area contributed by atoms with Gasteiger partial charge in [0.1, 0.15) is 0 Å². The molecule has 1 aliphatic heterocycles. The summed E-state index contributed by atoms with van der Waals surface area (Å²) in [5, 5.41) is 0.307. The average molecular weight is 314 g/mol. The summed E-state index contributed by atoms with van der Waals surface area (Å²) in [4.78, 5) is 3.33. The van der Waals surface area contributed by atoms with Crippen LogP contribution in [-0.2, 0) is 0 Å². The van der Waals surface area contributed by atoms with Crippen LogP contribution in [0.25, 0.3) is 0 Å². The molecule has 0 nitrogen and oxygen atoms in total. The van der Waals surface area contributed by atoms with Gasteiger partial charge in [-0.05, 0) is 11.6 Å². The Kier molecular flexibility index (Phi) is 4.29. The third-order valence-corrected chi connectivity index (χ3v) is 5.46. The van der Waals surface area contributed by atoms with E-state index in [0.717, 1.165) is 22.6 Å². The Hall–Kier alpha value is -1.03. The van der Waals surface area contributed by atoms with Crippen LogP contribution in [0.2, 0.25) is 0 Å². The molecule has 1 heterocycles. The highest BCUT2D eigenvalue weighted by Crippen LogP contribution is 2.38. The molecule has 0 amide bonds. The van der Waals surface area contributed by atoms with Crippen LogP contribution in [0.4, 0.5) is 0 Å². The molecule has 0 radical (unpaired) electrons. The molecule has 0 saturated heterocycles. The molecule has 20 heavy (non-hydrogen) atoms. The minimum absolute atomic E-state index is 0.307. The zero-order chi connectivity index (χ0) is 13.9. The molecule has 0 aromatic rings. The van der Waals surface area contributed by atoms with E-state index in [4.69, 9.17) is 24.4 Å². The first kappa shape index (κ1) is 13.9. The first-order valence-corrected chi connectivity index (χ1v) is 8.31. The third kappa shape index (κ3) is 2.85. The van der Waals surface area contributed by atoms with Crippen LogP contribution >= 0.6 is 36.2 Å². The number of allylic oxidation sites excluding steroid dienone is 9. The topological polar surface area (TPSA) is 0 Å². The van der Waals surface area contributed by atoms with Gasteiger partial charge in [-0.3, -0.25) is 0 Å². The summed E-state index contributed by atoms with van der Waals surface area (Å²) in [6.45, 7) is 0. The lowest BCUT2D eigenvalue weighted by Gasteiger charge is -2.24. The first-order chi connectivity index (χ1) is 9.75. The van der Waals surface area contributed by atoms with Crippen molar-refractivity contribution in [3.63, 3.8) is 0 Å². The molecule has 2 aliphatic carbocycles. The molecule has 0 bridgehead atoms. The van der Waals surface area contributed by atoms with Gasteiger partial charge >= 0.3 is 0 Å². The monoisotopic (exact) mass is 314 g/mol. The quantitative estimate of drug-likeness (QED) is 0.654. The lowest BCUT2D eigenvalue weighted by atomic mass is 10.0. The summed E-state index contributed by atoms with van der Waals surface area (Å²) in [5.41, 5.74) is 2.45. The maximum absolute atomic E-state index is 5.49. The van der Waals surface area contributed by atoms with Crippen molar-refractivity contribution < 1.29 is 0 Å². The molecule has 0 aromatic heterocycles. The van der Waals surface area contributed by atoms with Crippen molar-refractivity contribution in [2.75, 3.05) is 0 Å². The van der Waals surface area contributed by atoms with Crippen molar-refractivity contribution in [3.8, 4) is 0 Å². The van der Waals surface area contributed by atoms with E-state index < -0.39 is 0 Å². The second-order valence-electron chi connectivity index (χ2n) is 4.77. The van der Waals surface area contributed by atoms with Gasteiger partial charge in [0, 0.05) is 33.0 Å². The Labute approximate surface area is 134 Å². The van der Waals surface area contributed by atoms with Gasteiger partial charge in [0.25, 0.3) is 0 Å². The van der Waals surface area contributed by atoms with E-state index >= 15 is 0 Å². The van der Waals surface area contributed by atoms with E-state index in [-0.39, 0.29) is 0 Å². The van der Waals surface area contributed by atoms with Gasteiger partial charge in [-0.1, -0.05) is 73.0 Å². The Balaban J connectivity index is 1.84. The summed E-state index contributed by atoms with van der Waals surface area (Å²) in [7, 11) is 0. The fourth-order valence-corrected chi connectivity index (χ4v) is 4.32. The summed E-state index contributed by atoms with van der Waals surface area (Å²) in [6.07, 6.45) is 20.9. The van der Waals surface area contributed by atoms with Crippen LogP contribution in [0.15, 0.2) is 70.7 Å². The second kappa shape index (κ2) is 6.17. The third-order valence-electron chi connectivity index (χ3n) is 3.40. The Morgan fingerprint density at radius 1 is 0.900 bits per heavy atom. The summed E-state index contributed by atoms with van der Waals surface area (Å²) >= 11 is 12.8. The fourth-order valence-electron chi connectivity index (χ4n) is 2.35. The van der Waals surface area contributed by atoms with Crippen molar-refractivity contribution in [1.29, 1.82) is 0 Å². The van der Waals surface area contributed by atoms with Gasteiger partial charge in [0.15, 0.2) is 0 Å². The molecule has 100 valence electrons. The van der Waals surface area contributed by atoms with Gasteiger partial charge in [-0.15, -0.1) is 11.8 Å². The normalized spacial score (nSPS) is 25.4. The van der Waals surface area contributed by atoms with Gasteiger partial charge in [0.05, 0.1) is 5.25 Å². The molecule has 0 N–H and O–H groups in total. The zero-order valence-electron chi connectivity index (χ0n) is 10.9. The van der Waals surface area contributed by atoms with Gasteiger partial charge in [0.2, 0.25) is 0 Å². The lowest BCUT2D eigenvalue weighted by Crippen LogP contribution is -2.16. The minimum Gasteiger partial charge on any atom is -0.113 e. The van der Waals surface area contributed by atoms with E-state index in [1.54, 1.807) is 0 Å². The average Bonchev–Trinajstić information content (AvgIpc) is 2.48. The van der Waals surface area contributed by atoms with Gasteiger partial charge in [-0.25, -0.2) is 0 Å². The number of hydrogen-bond donors (Lipinski definition) is 0. The minimum atomic E-state index is 0.307. The van der Waals surface area contributed by atoms with E-state index in [0.29, 0.717) is 5.25 Å². The molecular weight excluding hydrogens is 300 g/mol. The molecule has 1 atom stereocenters. The van der Waals surface area contributed by atoms with Crippen molar-refractivity contribution in [3.05, 3.63) is 70.7 Å². The Morgan fingerprint density at radius 2 is 1.65 bits per heavy atom. The standard InChI is InChI=1S/C17H14S3/c18-14-8-3-1-6-12(14)16-10-5-11-17(20-16)13-7-2-4-9-15(13)19/h1-7,10-11,16H,8-9H2. The fraction of sp³-hybridized carbons (Fsp3) is 0.176. The van der Waals surface area contributed by atoms with E-state index in [1.807, 2.05) is 11.8 Å². The van der Waals surface area contributed by atoms with Crippen LogP contribution in [0.3, 0.4) is 0 Å². The second-order valence-corrected chi connectivity index (χ2v) is 6.94. The van der Waals surface area contributed by atoms with Crippen LogP contribution in [0.1, 0.15) is 12.8 Å². The summed E-state index contributed by atoms with van der Waals surface area (Å²) in [5.74, 6) is 0. The van der Waals surface area contributed by atoms with Crippen molar-refractivity contribution in [2.45, 2.75) is 18.1 Å². The van der Waals surface area contributed by atoms with E-state index in [9.17, 15) is 0 Å². The molecule has 0 saturated carbocycles. The Morgan fingerprint density at radius 3 is 2.40 bits per heavy atom.